The maximum Gasteiger partial charge on any atom is 0.250 e. The van der Waals surface area contributed by atoms with Gasteiger partial charge in [0, 0.05) is 29.6 Å². The molecule has 0 radical (unpaired) electrons. The topological polar surface area (TPSA) is 91.2 Å². The fourth-order valence-electron chi connectivity index (χ4n) is 4.56. The zero-order valence-electron chi connectivity index (χ0n) is 17.0. The van der Waals surface area contributed by atoms with E-state index in [1.807, 2.05) is 24.3 Å². The van der Waals surface area contributed by atoms with Crippen molar-refractivity contribution in [2.75, 3.05) is 0 Å². The number of hydrogen-bond acceptors (Lipinski definition) is 4. The Balaban J connectivity index is 1.50. The van der Waals surface area contributed by atoms with E-state index in [9.17, 15) is 4.79 Å². The van der Waals surface area contributed by atoms with E-state index in [2.05, 4.69) is 41.4 Å². The summed E-state index contributed by atoms with van der Waals surface area (Å²) < 4.78 is 6.04. The van der Waals surface area contributed by atoms with E-state index >= 15 is 0 Å². The first kappa shape index (κ1) is 19.3. The summed E-state index contributed by atoms with van der Waals surface area (Å²) in [5.74, 6) is 0.875. The van der Waals surface area contributed by atoms with E-state index < -0.39 is 5.91 Å². The highest BCUT2D eigenvalue weighted by Crippen LogP contribution is 2.43. The molecule has 1 amide bonds. The molecule has 0 saturated heterocycles. The van der Waals surface area contributed by atoms with Crippen LogP contribution in [0.15, 0.2) is 79.0 Å². The van der Waals surface area contributed by atoms with E-state index in [4.69, 9.17) is 16.2 Å². The van der Waals surface area contributed by atoms with Gasteiger partial charge >= 0.3 is 0 Å². The first-order valence-electron chi connectivity index (χ1n) is 10.4. The molecule has 3 aromatic carbocycles. The molecule has 0 fully saturated rings. The lowest BCUT2D eigenvalue weighted by molar-refractivity contribution is 0.1000. The van der Waals surface area contributed by atoms with Crippen molar-refractivity contribution in [1.82, 2.24) is 4.98 Å². The molecular weight excluding hydrogens is 386 g/mol. The van der Waals surface area contributed by atoms with Crippen molar-refractivity contribution in [1.29, 1.82) is 0 Å². The molecule has 31 heavy (non-hydrogen) atoms. The van der Waals surface area contributed by atoms with Gasteiger partial charge in [-0.05, 0) is 47.1 Å². The molecule has 1 heterocycles. The second-order valence-electron chi connectivity index (χ2n) is 7.92. The Morgan fingerprint density at radius 3 is 2.58 bits per heavy atom. The number of fused-ring (bicyclic) bond motifs is 2. The predicted octanol–water partition coefficient (Wildman–Crippen LogP) is 4.86. The number of nitrogens with two attached hydrogens (primary N) is 2. The highest BCUT2D eigenvalue weighted by molar-refractivity contribution is 5.93. The fourth-order valence-corrected chi connectivity index (χ4v) is 4.56. The lowest BCUT2D eigenvalue weighted by Crippen LogP contribution is -2.18. The molecule has 1 unspecified atom stereocenters. The van der Waals surface area contributed by atoms with Gasteiger partial charge in [0.05, 0.1) is 5.56 Å². The van der Waals surface area contributed by atoms with E-state index in [0.717, 1.165) is 29.2 Å². The number of aromatic nitrogens is 1. The van der Waals surface area contributed by atoms with Gasteiger partial charge in [0.25, 0.3) is 0 Å². The molecule has 5 nitrogen and oxygen atoms in total. The lowest BCUT2D eigenvalue weighted by Gasteiger charge is -2.23. The Morgan fingerprint density at radius 2 is 1.77 bits per heavy atom. The Morgan fingerprint density at radius 1 is 0.968 bits per heavy atom. The number of rotatable bonds is 5. The molecule has 0 spiro atoms. The molecule has 4 N–H and O–H groups in total. The SMILES string of the molecule is NC(=O)c1ccc(Oc2cccc3c([C@H](N)C4CCc5ccccc54)cccc23)nc1. The molecule has 1 aromatic heterocycles. The van der Waals surface area contributed by atoms with Crippen LogP contribution in [0.1, 0.15) is 45.4 Å². The largest absolute Gasteiger partial charge is 0.438 e. The number of benzene rings is 3. The molecule has 0 saturated carbocycles. The summed E-state index contributed by atoms with van der Waals surface area (Å²) in [7, 11) is 0. The number of carbonyl (C=O) groups excluding carboxylic acids is 1. The number of pyridine rings is 1. The highest BCUT2D eigenvalue weighted by Gasteiger charge is 2.29. The highest BCUT2D eigenvalue weighted by atomic mass is 16.5. The summed E-state index contributed by atoms with van der Waals surface area (Å²) in [4.78, 5) is 15.5. The summed E-state index contributed by atoms with van der Waals surface area (Å²) in [5, 5.41) is 2.05. The Hall–Kier alpha value is -3.70. The molecule has 2 atom stereocenters. The maximum absolute atomic E-state index is 11.3. The van der Waals surface area contributed by atoms with E-state index in [1.165, 1.54) is 17.3 Å². The van der Waals surface area contributed by atoms with Gasteiger partial charge in [0.15, 0.2) is 0 Å². The molecule has 4 aromatic rings. The van der Waals surface area contributed by atoms with Crippen LogP contribution < -0.4 is 16.2 Å². The first-order valence-corrected chi connectivity index (χ1v) is 10.4. The summed E-state index contributed by atoms with van der Waals surface area (Å²) >= 11 is 0. The third-order valence-corrected chi connectivity index (χ3v) is 6.12. The van der Waals surface area contributed by atoms with Crippen molar-refractivity contribution in [3.63, 3.8) is 0 Å². The maximum atomic E-state index is 11.3. The quantitative estimate of drug-likeness (QED) is 0.493. The molecule has 5 rings (SSSR count). The number of nitrogens with zero attached hydrogens (tertiary/aromatic N) is 1. The van der Waals surface area contributed by atoms with Crippen molar-refractivity contribution in [2.45, 2.75) is 24.8 Å². The van der Waals surface area contributed by atoms with Crippen molar-refractivity contribution in [3.8, 4) is 11.6 Å². The van der Waals surface area contributed by atoms with Gasteiger partial charge in [-0.2, -0.15) is 0 Å². The molecule has 0 bridgehead atoms. The molecule has 1 aliphatic rings. The minimum Gasteiger partial charge on any atom is -0.438 e. The summed E-state index contributed by atoms with van der Waals surface area (Å²) in [6, 6.07) is 23.9. The number of aryl methyl sites for hydroxylation is 1. The summed E-state index contributed by atoms with van der Waals surface area (Å²) in [5.41, 5.74) is 16.3. The van der Waals surface area contributed by atoms with Gasteiger partial charge in [-0.3, -0.25) is 4.79 Å². The van der Waals surface area contributed by atoms with Crippen LogP contribution in [-0.4, -0.2) is 10.9 Å². The predicted molar refractivity (Wildman–Crippen MR) is 121 cm³/mol. The second kappa shape index (κ2) is 7.85. The van der Waals surface area contributed by atoms with Gasteiger partial charge in [-0.1, -0.05) is 54.6 Å². The number of hydrogen-bond donors (Lipinski definition) is 2. The molecule has 0 aliphatic heterocycles. The standard InChI is InChI=1S/C26H23N3O2/c27-25(22-13-11-16-5-1-2-6-18(16)22)21-9-3-8-20-19(21)7-4-10-23(20)31-24-14-12-17(15-29-24)26(28)30/h1-10,12,14-15,22,25H,11,13,27H2,(H2,28,30)/t22?,25-/m0/s1. The molecule has 5 heteroatoms. The average molecular weight is 409 g/mol. The van der Waals surface area contributed by atoms with Crippen LogP contribution in [0, 0.1) is 0 Å². The number of amides is 1. The van der Waals surface area contributed by atoms with E-state index in [-0.39, 0.29) is 6.04 Å². The third kappa shape index (κ3) is 3.53. The molecule has 154 valence electrons. The van der Waals surface area contributed by atoms with Gasteiger partial charge in [0.1, 0.15) is 5.75 Å². The van der Waals surface area contributed by atoms with Crippen molar-refractivity contribution >= 4 is 16.7 Å². The number of primary amides is 1. The van der Waals surface area contributed by atoms with Crippen molar-refractivity contribution in [2.24, 2.45) is 11.5 Å². The van der Waals surface area contributed by atoms with Gasteiger partial charge in [0.2, 0.25) is 11.8 Å². The van der Waals surface area contributed by atoms with Crippen molar-refractivity contribution in [3.05, 3.63) is 101 Å². The molecular formula is C26H23N3O2. The first-order chi connectivity index (χ1) is 15.1. The normalized spacial score (nSPS) is 16.1. The van der Waals surface area contributed by atoms with Crippen LogP contribution in [0.4, 0.5) is 0 Å². The number of ether oxygens (including phenoxy) is 1. The summed E-state index contributed by atoms with van der Waals surface area (Å²) in [6.07, 6.45) is 3.55. The minimum atomic E-state index is -0.517. The monoisotopic (exact) mass is 409 g/mol. The van der Waals surface area contributed by atoms with Crippen LogP contribution in [0.3, 0.4) is 0 Å². The molecule has 1 aliphatic carbocycles. The average Bonchev–Trinajstić information content (AvgIpc) is 3.23. The second-order valence-corrected chi connectivity index (χ2v) is 7.92. The van der Waals surface area contributed by atoms with Crippen LogP contribution in [0.2, 0.25) is 0 Å². The van der Waals surface area contributed by atoms with Crippen molar-refractivity contribution < 1.29 is 9.53 Å². The van der Waals surface area contributed by atoms with Gasteiger partial charge < -0.3 is 16.2 Å². The fraction of sp³-hybridized carbons (Fsp3) is 0.154. The Labute approximate surface area is 180 Å². The van der Waals surface area contributed by atoms with Crippen LogP contribution >= 0.6 is 0 Å². The van der Waals surface area contributed by atoms with Gasteiger partial charge in [-0.15, -0.1) is 0 Å². The zero-order chi connectivity index (χ0) is 21.4. The van der Waals surface area contributed by atoms with Crippen LogP contribution in [0.5, 0.6) is 11.6 Å². The Kier molecular flexibility index (Phi) is 4.88. The lowest BCUT2D eigenvalue weighted by atomic mass is 9.86. The summed E-state index contributed by atoms with van der Waals surface area (Å²) in [6.45, 7) is 0. The Bertz CT molecular complexity index is 1270. The zero-order valence-corrected chi connectivity index (χ0v) is 17.0. The third-order valence-electron chi connectivity index (χ3n) is 6.12. The minimum absolute atomic E-state index is 0.101. The van der Waals surface area contributed by atoms with E-state index in [1.54, 1.807) is 12.1 Å². The van der Waals surface area contributed by atoms with Crippen LogP contribution in [-0.2, 0) is 6.42 Å². The van der Waals surface area contributed by atoms with Crippen LogP contribution in [0.25, 0.3) is 10.8 Å². The smallest absolute Gasteiger partial charge is 0.250 e. The van der Waals surface area contributed by atoms with E-state index in [0.29, 0.717) is 23.1 Å². The number of carbonyl (C=O) groups is 1. The van der Waals surface area contributed by atoms with Gasteiger partial charge in [-0.25, -0.2) is 4.98 Å².